The summed E-state index contributed by atoms with van der Waals surface area (Å²) in [5.74, 6) is -0.112. The first kappa shape index (κ1) is 48.6. The summed E-state index contributed by atoms with van der Waals surface area (Å²) in [4.78, 5) is 0. The lowest BCUT2D eigenvalue weighted by Gasteiger charge is -2.31. The van der Waals surface area contributed by atoms with Crippen molar-refractivity contribution >= 4 is 43.9 Å². The molecule has 1 atom stereocenters. The van der Waals surface area contributed by atoms with E-state index in [1.54, 1.807) is 0 Å². The molecule has 0 bridgehead atoms. The van der Waals surface area contributed by atoms with Gasteiger partial charge in [0.05, 0.1) is 5.41 Å². The van der Waals surface area contributed by atoms with Crippen LogP contribution in [-0.4, -0.2) is 0 Å². The van der Waals surface area contributed by atoms with E-state index in [0.717, 1.165) is 33.3 Å². The predicted molar refractivity (Wildman–Crippen MR) is 354 cm³/mol. The Hall–Kier alpha value is -9.76. The van der Waals surface area contributed by atoms with Gasteiger partial charge in [-0.15, -0.1) is 0 Å². The smallest absolute Gasteiger partial charge is 0.143 e. The second kappa shape index (κ2) is 16.4. The van der Waals surface area contributed by atoms with Crippen molar-refractivity contribution in [2.45, 2.75) is 76.0 Å². The van der Waals surface area contributed by atoms with Crippen molar-refractivity contribution in [1.29, 1.82) is 0 Å². The Morgan fingerprint density at radius 2 is 0.733 bits per heavy atom. The molecule has 0 radical (unpaired) electrons. The number of hydrogen-bond donors (Lipinski definition) is 0. The van der Waals surface area contributed by atoms with Crippen LogP contribution < -0.4 is 0 Å². The summed E-state index contributed by atoms with van der Waals surface area (Å²) in [5.41, 5.74) is 36.6. The summed E-state index contributed by atoms with van der Waals surface area (Å²) in [5, 5.41) is 4.76. The SMILES string of the molecule is Cc1ccc(-c2cc3c(c4c2oc2ccccc24)-c2ccc(C(c4ccc5c(c4)C(C)(C)c4cc6c(cc4-5)C(C)(C)c4ccc5oc7ccccc7c5c4-6)c4ccc5c(c4)C4(c6ccccc6-c6ccccc64)c4ccccc4-5)cc2C3(C)C)cc1. The normalized spacial score (nSPS) is 16.2. The highest BCUT2D eigenvalue weighted by atomic mass is 16.3. The number of aryl methyl sites for hydroxylation is 1. The highest BCUT2D eigenvalue weighted by molar-refractivity contribution is 6.19. The molecule has 2 aromatic heterocycles. The molecular weight excluding hydrogens is 1040 g/mol. The summed E-state index contributed by atoms with van der Waals surface area (Å²) in [7, 11) is 0. The van der Waals surface area contributed by atoms with E-state index < -0.39 is 5.41 Å². The van der Waals surface area contributed by atoms with Crippen molar-refractivity contribution in [3.8, 4) is 66.8 Å². The lowest BCUT2D eigenvalue weighted by Crippen LogP contribution is -2.26. The third-order valence-electron chi connectivity index (χ3n) is 21.7. The lowest BCUT2D eigenvalue weighted by molar-refractivity contribution is 0.650. The maximum Gasteiger partial charge on any atom is 0.143 e. The Bertz CT molecular complexity index is 5330. The first-order chi connectivity index (χ1) is 41.8. The zero-order valence-electron chi connectivity index (χ0n) is 49.3. The summed E-state index contributed by atoms with van der Waals surface area (Å²) < 4.78 is 13.5. The Morgan fingerprint density at radius 3 is 1.37 bits per heavy atom. The zero-order valence-corrected chi connectivity index (χ0v) is 49.3. The number of rotatable bonds is 4. The summed E-state index contributed by atoms with van der Waals surface area (Å²) in [6, 6.07) is 88.4. The minimum atomic E-state index is -0.474. The summed E-state index contributed by atoms with van der Waals surface area (Å²) >= 11 is 0. The maximum atomic E-state index is 6.95. The monoisotopic (exact) mass is 1100 g/mol. The van der Waals surface area contributed by atoms with E-state index in [2.05, 4.69) is 279 Å². The van der Waals surface area contributed by atoms with Gasteiger partial charge >= 0.3 is 0 Å². The molecule has 0 saturated heterocycles. The molecule has 0 aliphatic heterocycles. The molecule has 5 aliphatic carbocycles. The third-order valence-corrected chi connectivity index (χ3v) is 21.7. The van der Waals surface area contributed by atoms with Crippen LogP contribution in [-0.2, 0) is 21.7 Å². The number of hydrogen-bond acceptors (Lipinski definition) is 2. The molecule has 0 amide bonds. The van der Waals surface area contributed by atoms with Crippen LogP contribution in [0.25, 0.3) is 111 Å². The molecule has 12 aromatic carbocycles. The van der Waals surface area contributed by atoms with Gasteiger partial charge in [0.1, 0.15) is 22.3 Å². The van der Waals surface area contributed by atoms with E-state index in [0.29, 0.717) is 0 Å². The fourth-order valence-corrected chi connectivity index (χ4v) is 17.6. The van der Waals surface area contributed by atoms with E-state index in [9.17, 15) is 0 Å². The molecule has 2 nitrogen and oxygen atoms in total. The van der Waals surface area contributed by atoms with Crippen LogP contribution in [0.15, 0.2) is 239 Å². The van der Waals surface area contributed by atoms with Crippen molar-refractivity contribution in [2.24, 2.45) is 0 Å². The van der Waals surface area contributed by atoms with Crippen LogP contribution in [0.3, 0.4) is 0 Å². The largest absolute Gasteiger partial charge is 0.456 e. The quantitative estimate of drug-likeness (QED) is 0.164. The molecule has 14 aromatic rings. The summed E-state index contributed by atoms with van der Waals surface area (Å²) in [6.07, 6.45) is 0. The molecule has 408 valence electrons. The van der Waals surface area contributed by atoms with Gasteiger partial charge in [0.25, 0.3) is 0 Å². The van der Waals surface area contributed by atoms with Crippen LogP contribution in [0.5, 0.6) is 0 Å². The Balaban J connectivity index is 0.833. The molecule has 86 heavy (non-hydrogen) atoms. The van der Waals surface area contributed by atoms with Gasteiger partial charge in [0.15, 0.2) is 0 Å². The van der Waals surface area contributed by atoms with E-state index in [1.165, 1.54) is 155 Å². The minimum Gasteiger partial charge on any atom is -0.456 e. The van der Waals surface area contributed by atoms with Crippen molar-refractivity contribution in [2.75, 3.05) is 0 Å². The maximum absolute atomic E-state index is 6.95. The van der Waals surface area contributed by atoms with Gasteiger partial charge in [-0.05, 0) is 177 Å². The minimum absolute atomic E-state index is 0.112. The fourth-order valence-electron chi connectivity index (χ4n) is 17.6. The number of para-hydroxylation sites is 2. The summed E-state index contributed by atoms with van der Waals surface area (Å²) in [6.45, 7) is 16.8. The Labute approximate surface area is 501 Å². The molecular formula is C84H60O2. The van der Waals surface area contributed by atoms with Crippen molar-refractivity contribution < 1.29 is 8.83 Å². The molecule has 2 heteroatoms. The van der Waals surface area contributed by atoms with Crippen LogP contribution in [0.4, 0.5) is 0 Å². The van der Waals surface area contributed by atoms with Gasteiger partial charge in [0.2, 0.25) is 0 Å². The van der Waals surface area contributed by atoms with Gasteiger partial charge in [-0.1, -0.05) is 241 Å². The fraction of sp³-hybridized carbons (Fsp3) is 0.143. The lowest BCUT2D eigenvalue weighted by atomic mass is 9.69. The molecule has 5 aliphatic rings. The van der Waals surface area contributed by atoms with Gasteiger partial charge < -0.3 is 8.83 Å². The average molecular weight is 1100 g/mol. The van der Waals surface area contributed by atoms with Crippen LogP contribution in [0, 0.1) is 6.92 Å². The number of furan rings is 2. The standard InChI is InChI=1S/C84H60O2/c1-46-28-30-47(31-29-46)59-43-71-76(79-58-22-12-17-27-73(58)86-80(59)79)56-37-34-49(41-67(56)83(71,6)7)75(50-32-35-54-53-20-10-15-25-64(53)84(70(54)42-50)62-23-13-8-18-51(62)52-19-9-14-24-63(52)84)48-33-36-55-60-44-69-61(45-68(60)82(4,5)66(55)40-48)77-65(81(69,2)3)38-39-74-78(77)57-21-11-16-26-72(57)85-74/h8-45,75H,1-7H3. The third kappa shape index (κ3) is 5.93. The molecule has 0 fully saturated rings. The number of benzene rings is 12. The highest BCUT2D eigenvalue weighted by Gasteiger charge is 2.52. The van der Waals surface area contributed by atoms with Crippen molar-refractivity contribution in [3.05, 3.63) is 308 Å². The molecule has 2 heterocycles. The first-order valence-electron chi connectivity index (χ1n) is 30.7. The highest BCUT2D eigenvalue weighted by Crippen LogP contribution is 2.65. The number of fused-ring (bicyclic) bond motifs is 27. The van der Waals surface area contributed by atoms with Gasteiger partial charge in [-0.2, -0.15) is 0 Å². The first-order valence-corrected chi connectivity index (χ1v) is 30.7. The molecule has 1 spiro atoms. The van der Waals surface area contributed by atoms with E-state index in [4.69, 9.17) is 8.83 Å². The topological polar surface area (TPSA) is 26.3 Å². The molecule has 0 saturated carbocycles. The van der Waals surface area contributed by atoms with Crippen LogP contribution in [0.2, 0.25) is 0 Å². The second-order valence-corrected chi connectivity index (χ2v) is 27.0. The van der Waals surface area contributed by atoms with Crippen molar-refractivity contribution in [1.82, 2.24) is 0 Å². The second-order valence-electron chi connectivity index (χ2n) is 27.0. The van der Waals surface area contributed by atoms with E-state index in [1.807, 2.05) is 0 Å². The Kier molecular flexibility index (Phi) is 9.24. The van der Waals surface area contributed by atoms with Gasteiger partial charge in [-0.3, -0.25) is 0 Å². The zero-order chi connectivity index (χ0) is 57.5. The average Bonchev–Trinajstić information content (AvgIpc) is 1.57. The molecule has 1 unspecified atom stereocenters. The predicted octanol–water partition coefficient (Wildman–Crippen LogP) is 21.9. The Morgan fingerprint density at radius 1 is 0.291 bits per heavy atom. The van der Waals surface area contributed by atoms with Crippen LogP contribution >= 0.6 is 0 Å². The molecule has 19 rings (SSSR count). The molecule has 0 N–H and O–H groups in total. The van der Waals surface area contributed by atoms with Crippen molar-refractivity contribution in [3.63, 3.8) is 0 Å². The van der Waals surface area contributed by atoms with Gasteiger partial charge in [-0.25, -0.2) is 0 Å². The van der Waals surface area contributed by atoms with Gasteiger partial charge in [0, 0.05) is 49.3 Å². The van der Waals surface area contributed by atoms with Crippen LogP contribution in [0.1, 0.15) is 125 Å². The van der Waals surface area contributed by atoms with E-state index in [-0.39, 0.29) is 22.2 Å². The van der Waals surface area contributed by atoms with E-state index >= 15 is 0 Å².